The van der Waals surface area contributed by atoms with Crippen molar-refractivity contribution in [2.24, 2.45) is 14.1 Å². The second-order valence-corrected chi connectivity index (χ2v) is 4.76. The number of hydrogen-bond donors (Lipinski definition) is 1. The van der Waals surface area contributed by atoms with Crippen LogP contribution in [-0.4, -0.2) is 9.13 Å². The molecule has 0 saturated carbocycles. The first-order chi connectivity index (χ1) is 9.40. The largest absolute Gasteiger partial charge is 0.378 e. The number of nitrogens with one attached hydrogen (secondary N) is 1. The summed E-state index contributed by atoms with van der Waals surface area (Å²) in [4.78, 5) is 23.3. The van der Waals surface area contributed by atoms with E-state index < -0.39 is 17.1 Å². The summed E-state index contributed by atoms with van der Waals surface area (Å²) < 4.78 is 15.5. The summed E-state index contributed by atoms with van der Waals surface area (Å²) in [6, 6.07) is 5.28. The van der Waals surface area contributed by atoms with E-state index >= 15 is 0 Å². The zero-order chi connectivity index (χ0) is 14.9. The number of nitrogens with zero attached hydrogens (tertiary/aromatic N) is 2. The standard InChI is InChI=1S/C13H13ClFN3O2/c1-17-9(6-12(19)18(2)13(17)20)7-16-11-5-8(15)3-4-10(11)14/h3-6,16H,7H2,1-2H3. The van der Waals surface area contributed by atoms with Gasteiger partial charge < -0.3 is 5.32 Å². The van der Waals surface area contributed by atoms with Gasteiger partial charge in [-0.3, -0.25) is 13.9 Å². The molecule has 0 bridgehead atoms. The van der Waals surface area contributed by atoms with Gasteiger partial charge in [-0.25, -0.2) is 9.18 Å². The third-order valence-corrected chi connectivity index (χ3v) is 3.34. The Hall–Kier alpha value is -2.08. The lowest BCUT2D eigenvalue weighted by Gasteiger charge is -2.12. The Bertz CT molecular complexity index is 767. The van der Waals surface area contributed by atoms with Crippen LogP contribution in [0.15, 0.2) is 33.9 Å². The van der Waals surface area contributed by atoms with Gasteiger partial charge in [0.2, 0.25) is 0 Å². The monoisotopic (exact) mass is 297 g/mol. The van der Waals surface area contributed by atoms with Crippen molar-refractivity contribution in [3.63, 3.8) is 0 Å². The van der Waals surface area contributed by atoms with Crippen LogP contribution in [0.25, 0.3) is 0 Å². The molecule has 0 radical (unpaired) electrons. The van der Waals surface area contributed by atoms with E-state index in [0.717, 1.165) is 4.57 Å². The summed E-state index contributed by atoms with van der Waals surface area (Å²) in [5.74, 6) is -0.422. The molecule has 1 N–H and O–H groups in total. The van der Waals surface area contributed by atoms with Crippen LogP contribution in [0.5, 0.6) is 0 Å². The van der Waals surface area contributed by atoms with Crippen molar-refractivity contribution < 1.29 is 4.39 Å². The van der Waals surface area contributed by atoms with Crippen molar-refractivity contribution in [2.75, 3.05) is 5.32 Å². The number of benzene rings is 1. The highest BCUT2D eigenvalue weighted by Gasteiger charge is 2.07. The topological polar surface area (TPSA) is 56.0 Å². The SMILES string of the molecule is Cn1c(CNc2cc(F)ccc2Cl)cc(=O)n(C)c1=O. The van der Waals surface area contributed by atoms with E-state index in [4.69, 9.17) is 11.6 Å². The first-order valence-electron chi connectivity index (χ1n) is 5.85. The van der Waals surface area contributed by atoms with E-state index in [9.17, 15) is 14.0 Å². The molecule has 0 fully saturated rings. The maximum absolute atomic E-state index is 13.1. The van der Waals surface area contributed by atoms with Gasteiger partial charge >= 0.3 is 5.69 Å². The summed E-state index contributed by atoms with van der Waals surface area (Å²) in [5, 5.41) is 3.27. The Morgan fingerprint density at radius 1 is 1.20 bits per heavy atom. The molecule has 1 aromatic carbocycles. The Morgan fingerprint density at radius 3 is 2.60 bits per heavy atom. The van der Waals surface area contributed by atoms with Gasteiger partial charge in [-0.1, -0.05) is 11.6 Å². The summed E-state index contributed by atoms with van der Waals surface area (Å²) in [6.45, 7) is 0.186. The number of anilines is 1. The van der Waals surface area contributed by atoms with Crippen molar-refractivity contribution in [2.45, 2.75) is 6.54 Å². The zero-order valence-electron chi connectivity index (χ0n) is 11.0. The van der Waals surface area contributed by atoms with Crippen LogP contribution in [0, 0.1) is 5.82 Å². The third kappa shape index (κ3) is 2.75. The van der Waals surface area contributed by atoms with E-state index in [2.05, 4.69) is 5.32 Å². The summed E-state index contributed by atoms with van der Waals surface area (Å²) in [7, 11) is 2.97. The van der Waals surface area contributed by atoms with Gasteiger partial charge in [-0.2, -0.15) is 0 Å². The van der Waals surface area contributed by atoms with Crippen LogP contribution in [-0.2, 0) is 20.6 Å². The average molecular weight is 298 g/mol. The lowest BCUT2D eigenvalue weighted by Crippen LogP contribution is -2.38. The van der Waals surface area contributed by atoms with Gasteiger partial charge in [-0.15, -0.1) is 0 Å². The number of hydrogen-bond acceptors (Lipinski definition) is 3. The van der Waals surface area contributed by atoms with Crippen LogP contribution in [0.3, 0.4) is 0 Å². The molecule has 2 rings (SSSR count). The van der Waals surface area contributed by atoms with Gasteiger partial charge in [0.25, 0.3) is 5.56 Å². The lowest BCUT2D eigenvalue weighted by molar-refractivity contribution is 0.628. The molecule has 7 heteroatoms. The molecule has 1 aromatic heterocycles. The first kappa shape index (κ1) is 14.3. The highest BCUT2D eigenvalue weighted by atomic mass is 35.5. The van der Waals surface area contributed by atoms with Gasteiger partial charge in [0.15, 0.2) is 0 Å². The molecular weight excluding hydrogens is 285 g/mol. The van der Waals surface area contributed by atoms with Gasteiger partial charge in [0.05, 0.1) is 17.3 Å². The molecule has 106 valence electrons. The lowest BCUT2D eigenvalue weighted by atomic mass is 10.3. The van der Waals surface area contributed by atoms with Gasteiger partial charge in [0, 0.05) is 25.9 Å². The van der Waals surface area contributed by atoms with Crippen LogP contribution < -0.4 is 16.6 Å². The van der Waals surface area contributed by atoms with E-state index in [1.807, 2.05) is 0 Å². The number of rotatable bonds is 3. The maximum atomic E-state index is 13.1. The molecule has 0 aliphatic carbocycles. The molecule has 0 spiro atoms. The molecule has 0 unspecified atom stereocenters. The molecular formula is C13H13ClFN3O2. The minimum atomic E-state index is -0.422. The van der Waals surface area contributed by atoms with E-state index in [1.54, 1.807) is 7.05 Å². The van der Waals surface area contributed by atoms with E-state index in [0.29, 0.717) is 16.4 Å². The van der Waals surface area contributed by atoms with Crippen molar-refractivity contribution >= 4 is 17.3 Å². The predicted octanol–water partition coefficient (Wildman–Crippen LogP) is 1.49. The fourth-order valence-corrected chi connectivity index (χ4v) is 1.95. The zero-order valence-corrected chi connectivity index (χ0v) is 11.7. The van der Waals surface area contributed by atoms with Crippen molar-refractivity contribution in [1.29, 1.82) is 0 Å². The fourth-order valence-electron chi connectivity index (χ4n) is 1.77. The molecule has 0 aliphatic heterocycles. The van der Waals surface area contributed by atoms with Crippen LogP contribution in [0.2, 0.25) is 5.02 Å². The van der Waals surface area contributed by atoms with Gasteiger partial charge in [0.1, 0.15) is 5.82 Å². The minimum absolute atomic E-state index is 0.186. The first-order valence-corrected chi connectivity index (χ1v) is 6.23. The molecule has 0 saturated heterocycles. The van der Waals surface area contributed by atoms with Crippen LogP contribution in [0.1, 0.15) is 5.69 Å². The fraction of sp³-hybridized carbons (Fsp3) is 0.231. The highest BCUT2D eigenvalue weighted by molar-refractivity contribution is 6.33. The summed E-state index contributed by atoms with van der Waals surface area (Å²) >= 11 is 5.93. The Kier molecular flexibility index (Phi) is 3.94. The molecule has 0 atom stereocenters. The molecule has 1 heterocycles. The van der Waals surface area contributed by atoms with Crippen molar-refractivity contribution in [3.05, 3.63) is 61.6 Å². The van der Waals surface area contributed by atoms with E-state index in [-0.39, 0.29) is 6.54 Å². The second kappa shape index (κ2) is 5.50. The molecule has 0 amide bonds. The summed E-state index contributed by atoms with van der Waals surface area (Å²) in [6.07, 6.45) is 0. The van der Waals surface area contributed by atoms with E-state index in [1.165, 1.54) is 35.9 Å². The molecule has 5 nitrogen and oxygen atoms in total. The van der Waals surface area contributed by atoms with Crippen molar-refractivity contribution in [3.8, 4) is 0 Å². The molecule has 0 aliphatic rings. The Morgan fingerprint density at radius 2 is 1.90 bits per heavy atom. The Labute approximate surface area is 119 Å². The third-order valence-electron chi connectivity index (χ3n) is 3.01. The normalized spacial score (nSPS) is 10.6. The van der Waals surface area contributed by atoms with Crippen LogP contribution in [0.4, 0.5) is 10.1 Å². The summed E-state index contributed by atoms with van der Waals surface area (Å²) in [5.41, 5.74) is 0.0769. The Balaban J connectivity index is 2.30. The quantitative estimate of drug-likeness (QED) is 0.934. The molecule has 2 aromatic rings. The molecule has 20 heavy (non-hydrogen) atoms. The number of aromatic nitrogens is 2. The van der Waals surface area contributed by atoms with Crippen molar-refractivity contribution in [1.82, 2.24) is 9.13 Å². The highest BCUT2D eigenvalue weighted by Crippen LogP contribution is 2.22. The van der Waals surface area contributed by atoms with Crippen LogP contribution >= 0.6 is 11.6 Å². The average Bonchev–Trinajstić information content (AvgIpc) is 2.42. The second-order valence-electron chi connectivity index (χ2n) is 4.35. The maximum Gasteiger partial charge on any atom is 0.330 e. The van der Waals surface area contributed by atoms with Gasteiger partial charge in [-0.05, 0) is 18.2 Å². The number of halogens is 2. The minimum Gasteiger partial charge on any atom is -0.378 e. The smallest absolute Gasteiger partial charge is 0.330 e. The predicted molar refractivity (Wildman–Crippen MR) is 75.7 cm³/mol.